The highest BCUT2D eigenvalue weighted by atomic mass is 32.1. The number of aromatic nitrogens is 1. The number of nitrogens with zero attached hydrogens (tertiary/aromatic N) is 5. The van der Waals surface area contributed by atoms with E-state index in [1.807, 2.05) is 24.3 Å². The normalized spacial score (nSPS) is 11.9. The summed E-state index contributed by atoms with van der Waals surface area (Å²) in [5, 5.41) is 37.7. The number of aryl methyl sites for hydroxylation is 1. The molecule has 5 aromatic rings. The summed E-state index contributed by atoms with van der Waals surface area (Å²) in [6.45, 7) is 3.01. The number of thiophene rings is 4. The first-order chi connectivity index (χ1) is 17.6. The predicted octanol–water partition coefficient (Wildman–Crippen LogP) is 8.32. The maximum Gasteiger partial charge on any atom is 0.110 e. The van der Waals surface area contributed by atoms with E-state index in [2.05, 4.69) is 47.9 Å². The van der Waals surface area contributed by atoms with E-state index in [0.717, 1.165) is 52.9 Å². The van der Waals surface area contributed by atoms with Gasteiger partial charge in [-0.15, -0.1) is 45.3 Å². The SMILES string of the molecule is CCCn1c2cc(/C=C(\C#N)c3ccc(C#N)s3)sc2c2sc(/C=C(\C#N)c3ccc(C#N)s3)cc21. The third-order valence-electron chi connectivity index (χ3n) is 5.48. The van der Waals surface area contributed by atoms with Crippen molar-refractivity contribution in [2.75, 3.05) is 0 Å². The highest BCUT2D eigenvalue weighted by molar-refractivity contribution is 7.28. The summed E-state index contributed by atoms with van der Waals surface area (Å²) in [6.07, 6.45) is 4.77. The number of nitriles is 4. The molecule has 0 radical (unpaired) electrons. The summed E-state index contributed by atoms with van der Waals surface area (Å²) in [5.74, 6) is 0. The Morgan fingerprint density at radius 3 is 1.58 bits per heavy atom. The highest BCUT2D eigenvalue weighted by Gasteiger charge is 2.18. The van der Waals surface area contributed by atoms with Crippen LogP contribution in [0.3, 0.4) is 0 Å². The molecule has 0 unspecified atom stereocenters. The molecule has 0 aliphatic rings. The van der Waals surface area contributed by atoms with Crippen LogP contribution in [-0.4, -0.2) is 4.57 Å². The lowest BCUT2D eigenvalue weighted by molar-refractivity contribution is 0.724. The Labute approximate surface area is 223 Å². The second kappa shape index (κ2) is 9.96. The topological polar surface area (TPSA) is 100 Å². The molecule has 0 saturated heterocycles. The fourth-order valence-corrected chi connectivity index (χ4v) is 7.85. The Hall–Kier alpha value is -3.96. The van der Waals surface area contributed by atoms with Crippen molar-refractivity contribution >= 4 is 89.1 Å². The van der Waals surface area contributed by atoms with E-state index in [1.54, 1.807) is 34.8 Å². The maximum absolute atomic E-state index is 9.74. The van der Waals surface area contributed by atoms with E-state index in [1.165, 1.54) is 22.7 Å². The molecular weight excluding hydrogens is 523 g/mol. The van der Waals surface area contributed by atoms with Crippen molar-refractivity contribution in [2.45, 2.75) is 19.9 Å². The Morgan fingerprint density at radius 1 is 0.750 bits per heavy atom. The fourth-order valence-electron chi connectivity index (χ4n) is 3.95. The highest BCUT2D eigenvalue weighted by Crippen LogP contribution is 2.42. The van der Waals surface area contributed by atoms with Gasteiger partial charge in [-0.1, -0.05) is 6.92 Å². The van der Waals surface area contributed by atoms with Crippen LogP contribution in [-0.2, 0) is 6.54 Å². The van der Waals surface area contributed by atoms with E-state index < -0.39 is 0 Å². The van der Waals surface area contributed by atoms with Gasteiger partial charge in [0.05, 0.1) is 31.6 Å². The van der Waals surface area contributed by atoms with Crippen LogP contribution in [0.2, 0.25) is 0 Å². The zero-order valence-electron chi connectivity index (χ0n) is 18.9. The molecule has 0 amide bonds. The van der Waals surface area contributed by atoms with Gasteiger partial charge in [-0.05, 0) is 55.0 Å². The van der Waals surface area contributed by atoms with Crippen molar-refractivity contribution in [2.24, 2.45) is 0 Å². The summed E-state index contributed by atoms with van der Waals surface area (Å²) in [5.41, 5.74) is 3.38. The monoisotopic (exact) mass is 537 g/mol. The van der Waals surface area contributed by atoms with Gasteiger partial charge in [-0.3, -0.25) is 0 Å². The molecule has 0 bridgehead atoms. The van der Waals surface area contributed by atoms with Crippen LogP contribution in [0.5, 0.6) is 0 Å². The van der Waals surface area contributed by atoms with Gasteiger partial charge in [0, 0.05) is 26.1 Å². The quantitative estimate of drug-likeness (QED) is 0.203. The Bertz CT molecular complexity index is 1720. The molecule has 5 heterocycles. The number of fused-ring (bicyclic) bond motifs is 3. The number of allylic oxidation sites excluding steroid dienone is 2. The minimum atomic E-state index is 0.546. The summed E-state index contributed by atoms with van der Waals surface area (Å²) >= 11 is 5.93. The Balaban J connectivity index is 1.60. The zero-order valence-corrected chi connectivity index (χ0v) is 22.2. The van der Waals surface area contributed by atoms with Crippen LogP contribution >= 0.6 is 45.3 Å². The van der Waals surface area contributed by atoms with Crippen molar-refractivity contribution in [1.29, 1.82) is 21.0 Å². The van der Waals surface area contributed by atoms with Gasteiger partial charge < -0.3 is 4.57 Å². The standard InChI is InChI=1S/C27H15N5S4/c1-2-7-32-22-10-20(8-16(12-28)24-5-3-18(14-30)33-24)35-26(22)27-23(32)11-21(36-27)9-17(13-29)25-6-4-19(15-31)34-25/h3-6,8-11H,2,7H2,1H3/b16-8+,17-9+. The summed E-state index contributed by atoms with van der Waals surface area (Å²) in [6, 6.07) is 20.2. The molecule has 0 spiro atoms. The molecule has 36 heavy (non-hydrogen) atoms. The third kappa shape index (κ3) is 4.27. The lowest BCUT2D eigenvalue weighted by Crippen LogP contribution is -1.94. The van der Waals surface area contributed by atoms with Gasteiger partial charge in [-0.2, -0.15) is 21.0 Å². The maximum atomic E-state index is 9.74. The van der Waals surface area contributed by atoms with Crippen LogP contribution < -0.4 is 0 Å². The molecule has 0 aliphatic heterocycles. The first kappa shape index (κ1) is 23.8. The average Bonchev–Trinajstić information content (AvgIpc) is 3.70. The molecule has 5 nitrogen and oxygen atoms in total. The minimum Gasteiger partial charge on any atom is -0.339 e. The molecule has 0 atom stereocenters. The molecule has 5 aromatic heterocycles. The molecule has 0 aromatic carbocycles. The van der Waals surface area contributed by atoms with Crippen LogP contribution in [0.25, 0.3) is 43.7 Å². The first-order valence-electron chi connectivity index (χ1n) is 10.9. The van der Waals surface area contributed by atoms with Crippen molar-refractivity contribution < 1.29 is 0 Å². The molecule has 0 aliphatic carbocycles. The van der Waals surface area contributed by atoms with Gasteiger partial charge in [0.15, 0.2) is 0 Å². The van der Waals surface area contributed by atoms with E-state index >= 15 is 0 Å². The fraction of sp³-hybridized carbons (Fsp3) is 0.111. The second-order valence-electron chi connectivity index (χ2n) is 7.77. The Kier molecular flexibility index (Phi) is 6.57. The molecule has 0 saturated carbocycles. The first-order valence-corrected chi connectivity index (χ1v) is 14.1. The number of rotatable bonds is 6. The predicted molar refractivity (Wildman–Crippen MR) is 151 cm³/mol. The third-order valence-corrected chi connectivity index (χ3v) is 9.83. The van der Waals surface area contributed by atoms with E-state index in [4.69, 9.17) is 10.5 Å². The van der Waals surface area contributed by atoms with Gasteiger partial charge in [0.2, 0.25) is 0 Å². The van der Waals surface area contributed by atoms with Crippen molar-refractivity contribution in [3.8, 4) is 24.3 Å². The summed E-state index contributed by atoms with van der Waals surface area (Å²) in [7, 11) is 0. The average molecular weight is 538 g/mol. The van der Waals surface area contributed by atoms with Gasteiger partial charge in [-0.25, -0.2) is 0 Å². The van der Waals surface area contributed by atoms with E-state index in [0.29, 0.717) is 20.9 Å². The second-order valence-corrected chi connectivity index (χ2v) is 12.1. The van der Waals surface area contributed by atoms with Crippen molar-refractivity contribution in [3.05, 3.63) is 65.7 Å². The lowest BCUT2D eigenvalue weighted by Gasteiger charge is -2.02. The molecular formula is C27H15N5S4. The summed E-state index contributed by atoms with van der Waals surface area (Å²) in [4.78, 5) is 4.72. The van der Waals surface area contributed by atoms with Crippen LogP contribution in [0.1, 0.15) is 42.6 Å². The van der Waals surface area contributed by atoms with E-state index in [9.17, 15) is 10.5 Å². The van der Waals surface area contributed by atoms with Crippen LogP contribution in [0.4, 0.5) is 0 Å². The van der Waals surface area contributed by atoms with Crippen LogP contribution in [0, 0.1) is 45.3 Å². The molecule has 5 rings (SSSR count). The van der Waals surface area contributed by atoms with Crippen molar-refractivity contribution in [1.82, 2.24) is 4.57 Å². The van der Waals surface area contributed by atoms with Gasteiger partial charge in [0.1, 0.15) is 34.0 Å². The largest absolute Gasteiger partial charge is 0.339 e. The van der Waals surface area contributed by atoms with Crippen molar-refractivity contribution in [3.63, 3.8) is 0 Å². The lowest BCUT2D eigenvalue weighted by atomic mass is 10.2. The van der Waals surface area contributed by atoms with Crippen LogP contribution in [0.15, 0.2) is 36.4 Å². The smallest absolute Gasteiger partial charge is 0.110 e. The molecule has 0 N–H and O–H groups in total. The zero-order chi connectivity index (χ0) is 25.2. The molecule has 172 valence electrons. The Morgan fingerprint density at radius 2 is 1.22 bits per heavy atom. The number of hydrogen-bond acceptors (Lipinski definition) is 8. The van der Waals surface area contributed by atoms with E-state index in [-0.39, 0.29) is 0 Å². The minimum absolute atomic E-state index is 0.546. The molecule has 9 heteroatoms. The number of hydrogen-bond donors (Lipinski definition) is 0. The van der Waals surface area contributed by atoms with Gasteiger partial charge in [0.25, 0.3) is 0 Å². The molecule has 0 fully saturated rings. The summed E-state index contributed by atoms with van der Waals surface area (Å²) < 4.78 is 4.64. The van der Waals surface area contributed by atoms with Gasteiger partial charge >= 0.3 is 0 Å².